The largest absolute Gasteiger partial charge is 0.468 e. The van der Waals surface area contributed by atoms with Gasteiger partial charge in [-0.2, -0.15) is 0 Å². The van der Waals surface area contributed by atoms with Crippen LogP contribution in [0.1, 0.15) is 22.2 Å². The molecule has 7 nitrogen and oxygen atoms in total. The van der Waals surface area contributed by atoms with E-state index in [1.54, 1.807) is 42.7 Å². The minimum atomic E-state index is -0.668. The van der Waals surface area contributed by atoms with E-state index in [2.05, 4.69) is 15.1 Å². The molecule has 1 aliphatic heterocycles. The van der Waals surface area contributed by atoms with Crippen LogP contribution in [-0.4, -0.2) is 43.5 Å². The third-order valence-corrected chi connectivity index (χ3v) is 6.16. The lowest BCUT2D eigenvalue weighted by molar-refractivity contribution is 0.0919. The molecule has 174 valence electrons. The summed E-state index contributed by atoms with van der Waals surface area (Å²) >= 11 is 0. The molecule has 0 bridgehead atoms. The normalized spacial score (nSPS) is 15.4. The Bertz CT molecular complexity index is 1330. The van der Waals surface area contributed by atoms with Gasteiger partial charge >= 0.3 is 5.63 Å². The molecule has 5 rings (SSSR count). The number of hydrogen-bond acceptors (Lipinski definition) is 6. The van der Waals surface area contributed by atoms with Crippen LogP contribution in [0.25, 0.3) is 11.0 Å². The van der Waals surface area contributed by atoms with E-state index in [0.717, 1.165) is 37.6 Å². The summed E-state index contributed by atoms with van der Waals surface area (Å²) in [5, 5.41) is 3.57. The number of halogens is 1. The van der Waals surface area contributed by atoms with Gasteiger partial charge in [0.1, 0.15) is 22.7 Å². The van der Waals surface area contributed by atoms with E-state index in [-0.39, 0.29) is 24.0 Å². The van der Waals surface area contributed by atoms with Crippen LogP contribution in [0.2, 0.25) is 0 Å². The maximum atomic E-state index is 13.3. The van der Waals surface area contributed by atoms with Crippen molar-refractivity contribution in [2.75, 3.05) is 37.6 Å². The van der Waals surface area contributed by atoms with Crippen LogP contribution < -0.4 is 15.8 Å². The molecule has 1 fully saturated rings. The Kier molecular flexibility index (Phi) is 6.14. The Hall–Kier alpha value is -3.91. The number of furan rings is 1. The van der Waals surface area contributed by atoms with Crippen molar-refractivity contribution >= 4 is 22.6 Å². The Labute approximate surface area is 195 Å². The van der Waals surface area contributed by atoms with Crippen molar-refractivity contribution in [2.45, 2.75) is 6.04 Å². The molecule has 0 radical (unpaired) electrons. The van der Waals surface area contributed by atoms with E-state index in [9.17, 15) is 14.0 Å². The van der Waals surface area contributed by atoms with E-state index in [1.807, 2.05) is 18.2 Å². The van der Waals surface area contributed by atoms with Crippen LogP contribution >= 0.6 is 0 Å². The quantitative estimate of drug-likeness (QED) is 0.440. The van der Waals surface area contributed by atoms with Crippen LogP contribution in [-0.2, 0) is 0 Å². The smallest absolute Gasteiger partial charge is 0.349 e. The van der Waals surface area contributed by atoms with Crippen LogP contribution in [0.5, 0.6) is 0 Å². The van der Waals surface area contributed by atoms with E-state index in [0.29, 0.717) is 11.0 Å². The number of benzene rings is 2. The lowest BCUT2D eigenvalue weighted by Crippen LogP contribution is -2.50. The summed E-state index contributed by atoms with van der Waals surface area (Å²) in [5.74, 6) is -0.00135. The molecule has 1 unspecified atom stereocenters. The van der Waals surface area contributed by atoms with Crippen molar-refractivity contribution in [3.05, 3.63) is 101 Å². The Morgan fingerprint density at radius 1 is 1.00 bits per heavy atom. The van der Waals surface area contributed by atoms with Gasteiger partial charge in [-0.05, 0) is 48.5 Å². The highest BCUT2D eigenvalue weighted by Gasteiger charge is 2.28. The molecule has 1 N–H and O–H groups in total. The van der Waals surface area contributed by atoms with Crippen molar-refractivity contribution in [3.63, 3.8) is 0 Å². The van der Waals surface area contributed by atoms with E-state index in [4.69, 9.17) is 8.83 Å². The summed E-state index contributed by atoms with van der Waals surface area (Å²) in [6.45, 7) is 3.25. The maximum Gasteiger partial charge on any atom is 0.349 e. The van der Waals surface area contributed by atoms with Gasteiger partial charge in [0.25, 0.3) is 5.91 Å². The van der Waals surface area contributed by atoms with E-state index < -0.39 is 11.5 Å². The van der Waals surface area contributed by atoms with E-state index >= 15 is 0 Å². The van der Waals surface area contributed by atoms with Crippen molar-refractivity contribution < 1.29 is 18.0 Å². The highest BCUT2D eigenvalue weighted by Crippen LogP contribution is 2.25. The molecule has 1 saturated heterocycles. The SMILES string of the molecule is O=C(NCC(c1ccco1)N1CCN(c2ccc(F)cc2)CC1)c1cc2ccccc2oc1=O. The fraction of sp³-hybridized carbons (Fsp3) is 0.231. The van der Waals surface area contributed by atoms with Crippen molar-refractivity contribution in [1.82, 2.24) is 10.2 Å². The first kappa shape index (κ1) is 21.9. The van der Waals surface area contributed by atoms with Gasteiger partial charge in [-0.25, -0.2) is 9.18 Å². The van der Waals surface area contributed by atoms with Gasteiger partial charge in [0, 0.05) is 43.8 Å². The molecule has 1 amide bonds. The molecule has 2 aromatic heterocycles. The third-order valence-electron chi connectivity index (χ3n) is 6.16. The summed E-state index contributed by atoms with van der Waals surface area (Å²) in [6, 6.07) is 18.6. The van der Waals surface area contributed by atoms with E-state index in [1.165, 1.54) is 12.1 Å². The summed E-state index contributed by atoms with van der Waals surface area (Å²) in [6.07, 6.45) is 1.61. The van der Waals surface area contributed by atoms with Gasteiger partial charge in [0.2, 0.25) is 0 Å². The second kappa shape index (κ2) is 9.52. The molecule has 1 aliphatic rings. The number of nitrogens with zero attached hydrogens (tertiary/aromatic N) is 2. The molecule has 0 aliphatic carbocycles. The van der Waals surface area contributed by atoms with Crippen LogP contribution in [0.4, 0.5) is 10.1 Å². The Balaban J connectivity index is 1.28. The molecule has 3 heterocycles. The summed E-state index contributed by atoms with van der Waals surface area (Å²) < 4.78 is 24.2. The van der Waals surface area contributed by atoms with Gasteiger partial charge < -0.3 is 19.1 Å². The summed E-state index contributed by atoms with van der Waals surface area (Å²) in [4.78, 5) is 29.7. The number of piperazine rings is 1. The summed E-state index contributed by atoms with van der Waals surface area (Å²) in [7, 11) is 0. The molecule has 8 heteroatoms. The monoisotopic (exact) mass is 461 g/mol. The molecule has 1 atom stereocenters. The topological polar surface area (TPSA) is 78.9 Å². The number of nitrogens with one attached hydrogen (secondary N) is 1. The molecule has 34 heavy (non-hydrogen) atoms. The predicted molar refractivity (Wildman–Crippen MR) is 126 cm³/mol. The molecule has 2 aromatic carbocycles. The zero-order valence-corrected chi connectivity index (χ0v) is 18.4. The van der Waals surface area contributed by atoms with Crippen molar-refractivity contribution in [3.8, 4) is 0 Å². The lowest BCUT2D eigenvalue weighted by Gasteiger charge is -2.39. The number of para-hydroxylation sites is 1. The molecule has 4 aromatic rings. The molecule has 0 saturated carbocycles. The summed E-state index contributed by atoms with van der Waals surface area (Å²) in [5.41, 5.74) is 0.722. The number of hydrogen-bond donors (Lipinski definition) is 1. The highest BCUT2D eigenvalue weighted by atomic mass is 19.1. The van der Waals surface area contributed by atoms with Crippen LogP contribution in [0.15, 0.2) is 86.6 Å². The van der Waals surface area contributed by atoms with Crippen LogP contribution in [0.3, 0.4) is 0 Å². The number of carbonyl (C=O) groups excluding carboxylic acids is 1. The first-order valence-electron chi connectivity index (χ1n) is 11.2. The van der Waals surface area contributed by atoms with Gasteiger partial charge in [0.15, 0.2) is 0 Å². The number of rotatable bonds is 6. The van der Waals surface area contributed by atoms with Crippen LogP contribution in [0, 0.1) is 5.82 Å². The van der Waals surface area contributed by atoms with Gasteiger partial charge in [-0.15, -0.1) is 0 Å². The first-order chi connectivity index (χ1) is 16.6. The zero-order valence-electron chi connectivity index (χ0n) is 18.4. The van der Waals surface area contributed by atoms with Gasteiger partial charge in [-0.3, -0.25) is 9.69 Å². The molecule has 0 spiro atoms. The number of fused-ring (bicyclic) bond motifs is 1. The second-order valence-electron chi connectivity index (χ2n) is 8.23. The highest BCUT2D eigenvalue weighted by molar-refractivity contribution is 5.96. The second-order valence-corrected chi connectivity index (χ2v) is 8.23. The average molecular weight is 461 g/mol. The van der Waals surface area contributed by atoms with Gasteiger partial charge in [0.05, 0.1) is 12.3 Å². The number of carbonyl (C=O) groups is 1. The Morgan fingerprint density at radius 3 is 2.50 bits per heavy atom. The molecular weight excluding hydrogens is 437 g/mol. The molecular formula is C26H24FN3O4. The fourth-order valence-corrected chi connectivity index (χ4v) is 4.34. The lowest BCUT2D eigenvalue weighted by atomic mass is 10.1. The zero-order chi connectivity index (χ0) is 23.5. The fourth-order valence-electron chi connectivity index (χ4n) is 4.34. The van der Waals surface area contributed by atoms with Crippen molar-refractivity contribution in [2.24, 2.45) is 0 Å². The minimum Gasteiger partial charge on any atom is -0.468 e. The van der Waals surface area contributed by atoms with Crippen molar-refractivity contribution in [1.29, 1.82) is 0 Å². The average Bonchev–Trinajstić information content (AvgIpc) is 3.39. The minimum absolute atomic E-state index is 0.0296. The Morgan fingerprint density at radius 2 is 1.76 bits per heavy atom. The van der Waals surface area contributed by atoms with Gasteiger partial charge in [-0.1, -0.05) is 18.2 Å². The third kappa shape index (κ3) is 4.58. The number of amides is 1. The first-order valence-corrected chi connectivity index (χ1v) is 11.2. The standard InChI is InChI=1S/C26H24FN3O4/c27-19-7-9-20(10-8-19)29-11-13-30(14-12-29)22(24-6-3-15-33-24)17-28-25(31)21-16-18-4-1-2-5-23(18)34-26(21)32/h1-10,15-16,22H,11-14,17H2,(H,28,31). The predicted octanol–water partition coefficient (Wildman–Crippen LogP) is 3.82. The number of anilines is 1. The maximum absolute atomic E-state index is 13.3.